The molecule has 0 aliphatic heterocycles. The minimum absolute atomic E-state index is 0.0272. The Bertz CT molecular complexity index is 477. The van der Waals surface area contributed by atoms with E-state index in [0.717, 1.165) is 6.42 Å². The Morgan fingerprint density at radius 2 is 2.18 bits per heavy atom. The zero-order chi connectivity index (χ0) is 12.8. The summed E-state index contributed by atoms with van der Waals surface area (Å²) in [5.41, 5.74) is 4.93. The van der Waals surface area contributed by atoms with Crippen LogP contribution in [0.1, 0.15) is 19.8 Å². The summed E-state index contributed by atoms with van der Waals surface area (Å²) in [6.07, 6.45) is 1.25. The van der Waals surface area contributed by atoms with Crippen LogP contribution in [0.4, 0.5) is 11.5 Å². The van der Waals surface area contributed by atoms with E-state index in [-0.39, 0.29) is 18.1 Å². The van der Waals surface area contributed by atoms with Crippen molar-refractivity contribution in [3.05, 3.63) is 20.8 Å². The number of H-pyrrole nitrogens is 1. The smallest absolute Gasteiger partial charge is 0.330 e. The lowest BCUT2D eigenvalue weighted by Crippen LogP contribution is -2.34. The molecule has 0 saturated heterocycles. The number of aromatic nitrogens is 2. The molecule has 0 fully saturated rings. The number of nitrogen functional groups attached to an aromatic ring is 1. The van der Waals surface area contributed by atoms with E-state index in [9.17, 15) is 9.59 Å². The number of aliphatic hydroxyl groups excluding tert-OH is 1. The van der Waals surface area contributed by atoms with E-state index in [1.807, 2.05) is 6.92 Å². The third-order valence-corrected chi connectivity index (χ3v) is 2.32. The molecule has 0 spiro atoms. The Hall–Kier alpha value is -1.76. The highest BCUT2D eigenvalue weighted by Gasteiger charge is 2.10. The molecule has 96 valence electrons. The summed E-state index contributed by atoms with van der Waals surface area (Å²) in [6.45, 7) is 2.82. The summed E-state index contributed by atoms with van der Waals surface area (Å²) in [4.78, 5) is 25.2. The monoisotopic (exact) mass is 242 g/mol. The first-order valence-corrected chi connectivity index (χ1v) is 5.59. The van der Waals surface area contributed by atoms with E-state index in [1.165, 1.54) is 4.57 Å². The topological polar surface area (TPSA) is 113 Å². The van der Waals surface area contributed by atoms with E-state index >= 15 is 0 Å². The van der Waals surface area contributed by atoms with Crippen LogP contribution < -0.4 is 22.3 Å². The molecule has 0 saturated carbocycles. The molecule has 0 aliphatic carbocycles. The van der Waals surface area contributed by atoms with Crippen molar-refractivity contribution in [2.45, 2.75) is 26.3 Å². The van der Waals surface area contributed by atoms with Gasteiger partial charge in [0.05, 0.1) is 0 Å². The van der Waals surface area contributed by atoms with Crippen molar-refractivity contribution in [2.24, 2.45) is 0 Å². The van der Waals surface area contributed by atoms with Gasteiger partial charge in [-0.1, -0.05) is 6.92 Å². The van der Waals surface area contributed by atoms with E-state index in [0.29, 0.717) is 19.5 Å². The minimum Gasteiger partial charge on any atom is -0.396 e. The molecule has 0 aliphatic rings. The molecule has 0 radical (unpaired) electrons. The number of aliphatic hydroxyl groups is 1. The fourth-order valence-electron chi connectivity index (χ4n) is 1.50. The lowest BCUT2D eigenvalue weighted by molar-refractivity contribution is 0.292. The third kappa shape index (κ3) is 3.10. The van der Waals surface area contributed by atoms with Crippen LogP contribution >= 0.6 is 0 Å². The van der Waals surface area contributed by atoms with Crippen LogP contribution in [0.5, 0.6) is 0 Å². The summed E-state index contributed by atoms with van der Waals surface area (Å²) in [7, 11) is 0. The zero-order valence-corrected chi connectivity index (χ0v) is 9.82. The Balaban J connectivity index is 3.07. The molecule has 1 heterocycles. The zero-order valence-electron chi connectivity index (χ0n) is 9.82. The van der Waals surface area contributed by atoms with Gasteiger partial charge >= 0.3 is 5.69 Å². The Morgan fingerprint density at radius 1 is 1.47 bits per heavy atom. The van der Waals surface area contributed by atoms with Crippen molar-refractivity contribution in [3.63, 3.8) is 0 Å². The molecule has 5 N–H and O–H groups in total. The van der Waals surface area contributed by atoms with Crippen molar-refractivity contribution in [2.75, 3.05) is 24.2 Å². The average molecular weight is 242 g/mol. The first-order valence-electron chi connectivity index (χ1n) is 5.59. The van der Waals surface area contributed by atoms with Crippen LogP contribution in [0.25, 0.3) is 0 Å². The number of hydrogen-bond donors (Lipinski definition) is 4. The molecule has 1 aromatic heterocycles. The van der Waals surface area contributed by atoms with Gasteiger partial charge in [-0.3, -0.25) is 14.3 Å². The van der Waals surface area contributed by atoms with Gasteiger partial charge in [-0.2, -0.15) is 0 Å². The van der Waals surface area contributed by atoms with Gasteiger partial charge in [-0.05, 0) is 12.8 Å². The summed E-state index contributed by atoms with van der Waals surface area (Å²) < 4.78 is 1.32. The van der Waals surface area contributed by atoms with Gasteiger partial charge in [0.2, 0.25) is 0 Å². The van der Waals surface area contributed by atoms with Crippen molar-refractivity contribution < 1.29 is 5.11 Å². The first-order chi connectivity index (χ1) is 8.11. The predicted molar refractivity (Wildman–Crippen MR) is 66.2 cm³/mol. The molecule has 1 rings (SSSR count). The van der Waals surface area contributed by atoms with Crippen LogP contribution in [0, 0.1) is 0 Å². The maximum atomic E-state index is 11.5. The Morgan fingerprint density at radius 3 is 2.76 bits per heavy atom. The molecular formula is C10H18N4O3. The summed E-state index contributed by atoms with van der Waals surface area (Å²) in [5, 5.41) is 11.5. The fraction of sp³-hybridized carbons (Fsp3) is 0.600. The molecule has 0 unspecified atom stereocenters. The average Bonchev–Trinajstić information content (AvgIpc) is 2.29. The second-order valence-electron chi connectivity index (χ2n) is 3.68. The molecule has 7 nitrogen and oxygen atoms in total. The molecule has 0 aromatic carbocycles. The minimum atomic E-state index is -0.530. The predicted octanol–water partition coefficient (Wildman–Crippen LogP) is -0.677. The number of aromatic amines is 1. The van der Waals surface area contributed by atoms with Crippen LogP contribution in [0.15, 0.2) is 9.59 Å². The number of anilines is 2. The van der Waals surface area contributed by atoms with E-state index in [1.54, 1.807) is 0 Å². The van der Waals surface area contributed by atoms with Gasteiger partial charge in [0.15, 0.2) is 0 Å². The Labute approximate surface area is 98.3 Å². The van der Waals surface area contributed by atoms with Gasteiger partial charge in [0, 0.05) is 19.7 Å². The van der Waals surface area contributed by atoms with Crippen molar-refractivity contribution in [1.29, 1.82) is 0 Å². The number of hydrogen-bond acceptors (Lipinski definition) is 5. The normalized spacial score (nSPS) is 10.5. The van der Waals surface area contributed by atoms with Crippen LogP contribution in [-0.4, -0.2) is 27.8 Å². The number of nitrogens with one attached hydrogen (secondary N) is 2. The van der Waals surface area contributed by atoms with Crippen molar-refractivity contribution in [3.8, 4) is 0 Å². The fourth-order valence-corrected chi connectivity index (χ4v) is 1.50. The van der Waals surface area contributed by atoms with Crippen LogP contribution in [0.2, 0.25) is 0 Å². The molecule has 17 heavy (non-hydrogen) atoms. The number of rotatable bonds is 6. The Kier molecular flexibility index (Phi) is 4.77. The van der Waals surface area contributed by atoms with Crippen molar-refractivity contribution in [1.82, 2.24) is 9.55 Å². The lowest BCUT2D eigenvalue weighted by atomic mass is 10.3. The summed E-state index contributed by atoms with van der Waals surface area (Å²) in [6, 6.07) is 0. The standard InChI is InChI=1S/C10H18N4O3/c1-2-5-14-8(11)7(12-4-3-6-15)9(16)13-10(14)17/h12,15H,2-6,11H2,1H3,(H,13,16,17). The number of nitrogens with zero attached hydrogens (tertiary/aromatic N) is 1. The van der Waals surface area contributed by atoms with Crippen molar-refractivity contribution >= 4 is 11.5 Å². The summed E-state index contributed by atoms with van der Waals surface area (Å²) >= 11 is 0. The number of nitrogens with two attached hydrogens (primary N) is 1. The molecular weight excluding hydrogens is 224 g/mol. The second kappa shape index (κ2) is 6.09. The second-order valence-corrected chi connectivity index (χ2v) is 3.68. The first kappa shape index (κ1) is 13.3. The maximum Gasteiger partial charge on any atom is 0.330 e. The molecule has 7 heteroatoms. The summed E-state index contributed by atoms with van der Waals surface area (Å²) in [5.74, 6) is 0.138. The highest BCUT2D eigenvalue weighted by atomic mass is 16.3. The van der Waals surface area contributed by atoms with Crippen LogP contribution in [-0.2, 0) is 6.54 Å². The lowest BCUT2D eigenvalue weighted by Gasteiger charge is -2.12. The maximum absolute atomic E-state index is 11.5. The molecule has 0 bridgehead atoms. The highest BCUT2D eigenvalue weighted by Crippen LogP contribution is 2.09. The SMILES string of the molecule is CCCn1c(N)c(NCCCO)c(=O)[nH]c1=O. The van der Waals surface area contributed by atoms with E-state index < -0.39 is 11.2 Å². The third-order valence-electron chi connectivity index (χ3n) is 2.32. The largest absolute Gasteiger partial charge is 0.396 e. The van der Waals surface area contributed by atoms with E-state index in [4.69, 9.17) is 10.8 Å². The highest BCUT2D eigenvalue weighted by molar-refractivity contribution is 5.60. The molecule has 0 amide bonds. The quantitative estimate of drug-likeness (QED) is 0.494. The van der Waals surface area contributed by atoms with Gasteiger partial charge in [0.1, 0.15) is 11.5 Å². The molecule has 0 atom stereocenters. The van der Waals surface area contributed by atoms with Crippen LogP contribution in [0.3, 0.4) is 0 Å². The van der Waals surface area contributed by atoms with Gasteiger partial charge < -0.3 is 16.2 Å². The van der Waals surface area contributed by atoms with Gasteiger partial charge in [0.25, 0.3) is 5.56 Å². The van der Waals surface area contributed by atoms with E-state index in [2.05, 4.69) is 10.3 Å². The van der Waals surface area contributed by atoms with Gasteiger partial charge in [-0.15, -0.1) is 0 Å². The molecule has 1 aromatic rings. The van der Waals surface area contributed by atoms with Gasteiger partial charge in [-0.25, -0.2) is 4.79 Å².